The van der Waals surface area contributed by atoms with Crippen molar-refractivity contribution in [3.63, 3.8) is 0 Å². The van der Waals surface area contributed by atoms with E-state index in [9.17, 15) is 53.4 Å². The number of ether oxygens (including phenoxy) is 2. The second kappa shape index (κ2) is 33.2. The van der Waals surface area contributed by atoms with E-state index in [4.69, 9.17) is 9.47 Å². The molecule has 24 heteroatoms. The maximum Gasteiger partial charge on any atom is 0.326 e. The van der Waals surface area contributed by atoms with Gasteiger partial charge in [-0.3, -0.25) is 47.9 Å². The highest BCUT2D eigenvalue weighted by molar-refractivity contribution is 5.99. The standard InChI is InChI=1S/C61H101N9O15/c1-21-37(9)50(52(74)62-33-45(72)66(16)48(35(5)6)53(75)63-42(60(82)83)31-40-26-28-41(84-20)29-27-40)68(18)59(81)51(38(10)22-2)69(19)57(79)44(32-46(73)85-61(12,13)14)65(15)58(80)47(34(3)4)64-54(76)49(36(7)8)67(17)56(78)43-25-23-24-30-70(43)55(77)39(11)71/h26-29,34-39,42-44,47-51,71H,21-25,30-33H2,1-20H3,(H,62,74)(H,63,75)(H,64,76)(H,82,83)/t37-,38-,39+,42-,43-,44-,47-,48-,49-,50-,51-/m0/s1. The van der Waals surface area contributed by atoms with Crippen LogP contribution >= 0.6 is 0 Å². The number of aliphatic hydroxyl groups is 1. The number of piperidine rings is 1. The molecule has 1 heterocycles. The summed E-state index contributed by atoms with van der Waals surface area (Å²) in [6.07, 6.45) is 0.254. The largest absolute Gasteiger partial charge is 0.497 e. The molecule has 0 radical (unpaired) electrons. The van der Waals surface area contributed by atoms with Gasteiger partial charge in [-0.1, -0.05) is 94.2 Å². The highest BCUT2D eigenvalue weighted by atomic mass is 16.6. The molecular weight excluding hydrogens is 1100 g/mol. The number of nitrogens with zero attached hydrogens (tertiary/aromatic N) is 6. The molecule has 5 N–H and O–H groups in total. The Morgan fingerprint density at radius 2 is 1.16 bits per heavy atom. The summed E-state index contributed by atoms with van der Waals surface area (Å²) in [5, 5.41) is 28.2. The Morgan fingerprint density at radius 3 is 1.65 bits per heavy atom. The van der Waals surface area contributed by atoms with Gasteiger partial charge in [0.25, 0.3) is 5.91 Å². The van der Waals surface area contributed by atoms with Crippen LogP contribution < -0.4 is 20.7 Å². The van der Waals surface area contributed by atoms with Gasteiger partial charge in [0, 0.05) is 48.2 Å². The number of carbonyl (C=O) groups excluding carboxylic acids is 10. The Balaban J connectivity index is 2.52. The van der Waals surface area contributed by atoms with E-state index in [2.05, 4.69) is 16.0 Å². The second-order valence-corrected chi connectivity index (χ2v) is 24.8. The number of methoxy groups -OCH3 is 1. The molecule has 2 rings (SSSR count). The van der Waals surface area contributed by atoms with E-state index in [-0.39, 0.29) is 13.0 Å². The summed E-state index contributed by atoms with van der Waals surface area (Å²) in [5.41, 5.74) is -0.396. The number of hydrogen-bond donors (Lipinski definition) is 5. The van der Waals surface area contributed by atoms with Crippen LogP contribution in [0.1, 0.15) is 141 Å². The van der Waals surface area contributed by atoms with E-state index in [1.807, 2.05) is 6.92 Å². The normalized spacial score (nSPS) is 17.1. The lowest BCUT2D eigenvalue weighted by Crippen LogP contribution is -2.63. The van der Waals surface area contributed by atoms with Crippen molar-refractivity contribution in [3.05, 3.63) is 29.8 Å². The average molecular weight is 1200 g/mol. The summed E-state index contributed by atoms with van der Waals surface area (Å²) in [6, 6.07) is -3.30. The zero-order valence-electron chi connectivity index (χ0n) is 54.1. The van der Waals surface area contributed by atoms with Gasteiger partial charge in [-0.2, -0.15) is 0 Å². The number of aliphatic hydroxyl groups excluding tert-OH is 1. The minimum atomic E-state index is -1.61. The van der Waals surface area contributed by atoms with Gasteiger partial charge in [0.15, 0.2) is 0 Å². The summed E-state index contributed by atoms with van der Waals surface area (Å²) in [4.78, 5) is 162. The fourth-order valence-electron chi connectivity index (χ4n) is 10.7. The highest BCUT2D eigenvalue weighted by Gasteiger charge is 2.46. The monoisotopic (exact) mass is 1200 g/mol. The molecule has 0 aromatic heterocycles. The van der Waals surface area contributed by atoms with Crippen molar-refractivity contribution in [1.82, 2.24) is 45.3 Å². The number of rotatable bonds is 30. The van der Waals surface area contributed by atoms with Crippen LogP contribution in [0.3, 0.4) is 0 Å². The lowest BCUT2D eigenvalue weighted by atomic mass is 9.92. The van der Waals surface area contributed by atoms with E-state index in [1.54, 1.807) is 107 Å². The molecule has 1 fully saturated rings. The molecule has 480 valence electrons. The summed E-state index contributed by atoms with van der Waals surface area (Å²) >= 11 is 0. The number of carboxylic acids is 1. The molecule has 85 heavy (non-hydrogen) atoms. The molecule has 1 aromatic carbocycles. The number of carboxylic acid groups (broad SMARTS) is 1. The van der Waals surface area contributed by atoms with Crippen molar-refractivity contribution in [2.24, 2.45) is 29.6 Å². The van der Waals surface area contributed by atoms with Gasteiger partial charge in [-0.05, 0) is 94.2 Å². The fourth-order valence-corrected chi connectivity index (χ4v) is 10.7. The van der Waals surface area contributed by atoms with Crippen LogP contribution in [0.5, 0.6) is 5.75 Å². The van der Waals surface area contributed by atoms with Crippen LogP contribution in [-0.4, -0.2) is 220 Å². The second-order valence-electron chi connectivity index (χ2n) is 24.8. The number of carbonyl (C=O) groups is 11. The van der Waals surface area contributed by atoms with Gasteiger partial charge in [0.1, 0.15) is 65.8 Å². The minimum Gasteiger partial charge on any atom is -0.497 e. The summed E-state index contributed by atoms with van der Waals surface area (Å²) < 4.78 is 10.8. The van der Waals surface area contributed by atoms with Crippen LogP contribution in [0.2, 0.25) is 0 Å². The fraction of sp³-hybridized carbons (Fsp3) is 0.721. The summed E-state index contributed by atoms with van der Waals surface area (Å²) in [7, 11) is 8.39. The topological polar surface area (TPSA) is 302 Å². The third-order valence-electron chi connectivity index (χ3n) is 16.0. The molecule has 0 aliphatic carbocycles. The van der Waals surface area contributed by atoms with E-state index in [1.165, 1.54) is 64.0 Å². The van der Waals surface area contributed by atoms with Crippen molar-refractivity contribution < 1.29 is 72.4 Å². The maximum atomic E-state index is 15.2. The van der Waals surface area contributed by atoms with Crippen LogP contribution in [0.25, 0.3) is 0 Å². The zero-order chi connectivity index (χ0) is 65.3. The number of hydrogen-bond acceptors (Lipinski definition) is 14. The third kappa shape index (κ3) is 20.4. The quantitative estimate of drug-likeness (QED) is 0.0692. The van der Waals surface area contributed by atoms with E-state index in [0.717, 1.165) is 14.7 Å². The zero-order valence-corrected chi connectivity index (χ0v) is 54.1. The molecule has 1 aliphatic heterocycles. The van der Waals surface area contributed by atoms with Crippen LogP contribution in [0.15, 0.2) is 24.3 Å². The number of nitrogens with one attached hydrogen (secondary N) is 3. The van der Waals surface area contributed by atoms with Crippen molar-refractivity contribution in [2.45, 2.75) is 202 Å². The molecule has 1 aliphatic rings. The Kier molecular flexibility index (Phi) is 29.0. The Labute approximate surface area is 503 Å². The molecule has 0 unspecified atom stereocenters. The van der Waals surface area contributed by atoms with Crippen molar-refractivity contribution >= 4 is 65.1 Å². The minimum absolute atomic E-state index is 0.0537. The molecule has 0 spiro atoms. The van der Waals surface area contributed by atoms with E-state index in [0.29, 0.717) is 43.4 Å². The highest BCUT2D eigenvalue weighted by Crippen LogP contribution is 2.26. The van der Waals surface area contributed by atoms with Crippen molar-refractivity contribution in [2.75, 3.05) is 55.4 Å². The van der Waals surface area contributed by atoms with Crippen LogP contribution in [-0.2, 0) is 63.9 Å². The molecule has 9 amide bonds. The Bertz CT molecular complexity index is 2480. The lowest BCUT2D eigenvalue weighted by molar-refractivity contribution is -0.162. The summed E-state index contributed by atoms with van der Waals surface area (Å²) in [5.74, 6) is -10.5. The third-order valence-corrected chi connectivity index (χ3v) is 16.0. The molecule has 11 atom stereocenters. The number of esters is 1. The predicted octanol–water partition coefficient (Wildman–Crippen LogP) is 3.10. The molecule has 1 aromatic rings. The molecule has 0 bridgehead atoms. The van der Waals surface area contributed by atoms with Crippen molar-refractivity contribution in [1.29, 1.82) is 0 Å². The van der Waals surface area contributed by atoms with E-state index < -0.39 is 168 Å². The van der Waals surface area contributed by atoms with Gasteiger partial charge in [-0.25, -0.2) is 4.79 Å². The van der Waals surface area contributed by atoms with Gasteiger partial charge < -0.3 is 65.0 Å². The number of likely N-dealkylation sites (N-methyl/N-ethyl adjacent to an activating group) is 5. The SMILES string of the molecule is CC[C@H](C)[C@@H](C(=O)NCC(=O)N(C)[C@H](C(=O)N[C@@H](Cc1ccc(OC)cc1)C(=O)O)C(C)C)N(C)C(=O)[C@H]([C@@H](C)CC)N(C)C(=O)[C@H](CC(=O)OC(C)(C)C)N(C)C(=O)[C@@H](NC(=O)[C@H](C(C)C)N(C)C(=O)[C@@H]1CCCCN1C(=O)[C@@H](C)O)C(C)C. The number of aliphatic carboxylic acids is 1. The Hall–Kier alpha value is -6.85. The van der Waals surface area contributed by atoms with Gasteiger partial charge in [0.2, 0.25) is 47.3 Å². The predicted molar refractivity (Wildman–Crippen MR) is 319 cm³/mol. The van der Waals surface area contributed by atoms with Crippen LogP contribution in [0.4, 0.5) is 0 Å². The summed E-state index contributed by atoms with van der Waals surface area (Å²) in [6.45, 7) is 23.1. The van der Waals surface area contributed by atoms with Gasteiger partial charge in [-0.15, -0.1) is 0 Å². The number of benzene rings is 1. The molecule has 1 saturated heterocycles. The van der Waals surface area contributed by atoms with E-state index >= 15 is 9.59 Å². The Morgan fingerprint density at radius 1 is 0.647 bits per heavy atom. The molecule has 24 nitrogen and oxygen atoms in total. The molecule has 0 saturated carbocycles. The van der Waals surface area contributed by atoms with Crippen LogP contribution in [0, 0.1) is 29.6 Å². The lowest BCUT2D eigenvalue weighted by Gasteiger charge is -2.41. The van der Waals surface area contributed by atoms with Gasteiger partial charge >= 0.3 is 11.9 Å². The first-order valence-corrected chi connectivity index (χ1v) is 29.7. The first-order chi connectivity index (χ1) is 39.4. The smallest absolute Gasteiger partial charge is 0.326 e. The van der Waals surface area contributed by atoms with Crippen molar-refractivity contribution in [3.8, 4) is 5.75 Å². The number of amides is 9. The first-order valence-electron chi connectivity index (χ1n) is 29.7. The van der Waals surface area contributed by atoms with Gasteiger partial charge in [0.05, 0.1) is 20.1 Å². The average Bonchev–Trinajstić information content (AvgIpc) is 2.32. The number of likely N-dealkylation sites (tertiary alicyclic amines) is 1. The first kappa shape index (κ1) is 74.3. The molecular formula is C61H101N9O15. The maximum absolute atomic E-state index is 15.2.